The molecule has 6 heteroatoms. The number of rotatable bonds is 3. The molecule has 1 aliphatic rings. The van der Waals surface area contributed by atoms with Gasteiger partial charge < -0.3 is 9.64 Å². The van der Waals surface area contributed by atoms with E-state index in [9.17, 15) is 4.79 Å². The Labute approximate surface area is 104 Å². The minimum absolute atomic E-state index is 0.161. The Kier molecular flexibility index (Phi) is 4.11. The molecule has 0 radical (unpaired) electrons. The Balaban J connectivity index is 1.95. The highest BCUT2D eigenvalue weighted by atomic mass is 32.1. The van der Waals surface area contributed by atoms with Crippen LogP contribution in [0.2, 0.25) is 0 Å². The molecule has 0 bridgehead atoms. The van der Waals surface area contributed by atoms with Crippen LogP contribution in [0.1, 0.15) is 11.8 Å². The van der Waals surface area contributed by atoms with Gasteiger partial charge >= 0.3 is 0 Å². The van der Waals surface area contributed by atoms with Crippen molar-refractivity contribution in [3.8, 4) is 0 Å². The molecular weight excluding hydrogens is 238 g/mol. The quantitative estimate of drug-likeness (QED) is 0.647. The van der Waals surface area contributed by atoms with E-state index in [0.717, 1.165) is 31.2 Å². The Hall–Kier alpha value is -1.40. The van der Waals surface area contributed by atoms with Gasteiger partial charge in [-0.25, -0.2) is 5.43 Å². The number of morpholine rings is 1. The number of ether oxygens (including phenoxy) is 1. The molecule has 1 aliphatic heterocycles. The summed E-state index contributed by atoms with van der Waals surface area (Å²) in [6.07, 6.45) is 1.66. The molecule has 1 aromatic rings. The third kappa shape index (κ3) is 3.54. The molecule has 1 fully saturated rings. The molecule has 0 spiro atoms. The topological polar surface area (TPSA) is 53.9 Å². The zero-order valence-corrected chi connectivity index (χ0v) is 10.5. The summed E-state index contributed by atoms with van der Waals surface area (Å²) in [4.78, 5) is 14.0. The first-order valence-corrected chi connectivity index (χ1v) is 6.29. The van der Waals surface area contributed by atoms with E-state index in [1.165, 1.54) is 11.9 Å². The lowest BCUT2D eigenvalue weighted by atomic mass is 10.4. The summed E-state index contributed by atoms with van der Waals surface area (Å²) in [7, 11) is 0. The van der Waals surface area contributed by atoms with Crippen LogP contribution in [0, 0.1) is 0 Å². The number of hydrogen-bond acceptors (Lipinski definition) is 5. The highest BCUT2D eigenvalue weighted by molar-refractivity contribution is 7.17. The summed E-state index contributed by atoms with van der Waals surface area (Å²) in [5, 5.41) is 5.06. The predicted octanol–water partition coefficient (Wildman–Crippen LogP) is 1.05. The van der Waals surface area contributed by atoms with Crippen LogP contribution in [-0.2, 0) is 9.53 Å². The molecule has 0 unspecified atom stereocenters. The van der Waals surface area contributed by atoms with Gasteiger partial charge in [0.25, 0.3) is 0 Å². The van der Waals surface area contributed by atoms with Crippen LogP contribution in [0.3, 0.4) is 0 Å². The van der Waals surface area contributed by atoms with Crippen LogP contribution < -0.4 is 10.3 Å². The van der Waals surface area contributed by atoms with Gasteiger partial charge in [0.2, 0.25) is 5.91 Å². The number of nitrogens with zero attached hydrogens (tertiary/aromatic N) is 2. The van der Waals surface area contributed by atoms with Gasteiger partial charge in [-0.3, -0.25) is 4.79 Å². The third-order valence-electron chi connectivity index (χ3n) is 2.35. The molecule has 5 nitrogen and oxygen atoms in total. The lowest BCUT2D eigenvalue weighted by Crippen LogP contribution is -2.35. The molecule has 92 valence electrons. The van der Waals surface area contributed by atoms with Gasteiger partial charge in [-0.1, -0.05) is 0 Å². The maximum atomic E-state index is 10.6. The maximum absolute atomic E-state index is 10.6. The number of carbonyl (C=O) groups excluding carboxylic acids is 1. The SMILES string of the molecule is CC(=O)NN=Cc1ccc(N2CCOCC2)s1. The van der Waals surface area contributed by atoms with Crippen molar-refractivity contribution in [3.63, 3.8) is 0 Å². The largest absolute Gasteiger partial charge is 0.378 e. The van der Waals surface area contributed by atoms with Crippen molar-refractivity contribution in [3.05, 3.63) is 17.0 Å². The first-order chi connectivity index (χ1) is 8.25. The summed E-state index contributed by atoms with van der Waals surface area (Å²) >= 11 is 1.66. The summed E-state index contributed by atoms with van der Waals surface area (Å²) < 4.78 is 5.31. The second-order valence-electron chi connectivity index (χ2n) is 3.70. The molecule has 1 amide bonds. The third-order valence-corrected chi connectivity index (χ3v) is 3.43. The maximum Gasteiger partial charge on any atom is 0.236 e. The first kappa shape index (κ1) is 12.1. The molecule has 0 aromatic carbocycles. The van der Waals surface area contributed by atoms with Crippen LogP contribution >= 0.6 is 11.3 Å². The number of hydrogen-bond donors (Lipinski definition) is 1. The summed E-state index contributed by atoms with van der Waals surface area (Å²) in [5.74, 6) is -0.161. The molecule has 1 saturated heterocycles. The number of thiophene rings is 1. The zero-order chi connectivity index (χ0) is 12.1. The fraction of sp³-hybridized carbons (Fsp3) is 0.455. The van der Waals surface area contributed by atoms with Gasteiger partial charge in [0.1, 0.15) is 0 Å². The van der Waals surface area contributed by atoms with Gasteiger partial charge in [-0.15, -0.1) is 11.3 Å². The minimum atomic E-state index is -0.161. The number of amides is 1. The van der Waals surface area contributed by atoms with Crippen molar-refractivity contribution < 1.29 is 9.53 Å². The second-order valence-corrected chi connectivity index (χ2v) is 4.80. The minimum Gasteiger partial charge on any atom is -0.378 e. The van der Waals surface area contributed by atoms with Crippen LogP contribution in [0.25, 0.3) is 0 Å². The van der Waals surface area contributed by atoms with E-state index in [-0.39, 0.29) is 5.91 Å². The average molecular weight is 253 g/mol. The number of hydrazone groups is 1. The highest BCUT2D eigenvalue weighted by Crippen LogP contribution is 2.25. The summed E-state index contributed by atoms with van der Waals surface area (Å²) in [6.45, 7) is 4.87. The molecule has 2 rings (SSSR count). The number of anilines is 1. The van der Waals surface area contributed by atoms with E-state index in [0.29, 0.717) is 0 Å². The smallest absolute Gasteiger partial charge is 0.236 e. The predicted molar refractivity (Wildman–Crippen MR) is 68.8 cm³/mol. The van der Waals surface area contributed by atoms with Gasteiger partial charge in [0.15, 0.2) is 0 Å². The Morgan fingerprint density at radius 3 is 3.00 bits per heavy atom. The molecule has 2 heterocycles. The molecule has 0 atom stereocenters. The normalized spacial score (nSPS) is 16.4. The molecule has 0 saturated carbocycles. The fourth-order valence-corrected chi connectivity index (χ4v) is 2.48. The zero-order valence-electron chi connectivity index (χ0n) is 9.68. The lowest BCUT2D eigenvalue weighted by Gasteiger charge is -2.27. The van der Waals surface area contributed by atoms with Crippen molar-refractivity contribution in [1.29, 1.82) is 0 Å². The number of carbonyl (C=O) groups is 1. The Bertz CT molecular complexity index is 411. The fourth-order valence-electron chi connectivity index (χ4n) is 1.55. The number of nitrogens with one attached hydrogen (secondary N) is 1. The monoisotopic (exact) mass is 253 g/mol. The van der Waals surface area contributed by atoms with Gasteiger partial charge in [0, 0.05) is 24.9 Å². The van der Waals surface area contributed by atoms with Crippen molar-refractivity contribution in [1.82, 2.24) is 5.43 Å². The van der Waals surface area contributed by atoms with Gasteiger partial charge in [-0.2, -0.15) is 5.10 Å². The summed E-state index contributed by atoms with van der Waals surface area (Å²) in [5.41, 5.74) is 2.39. The lowest BCUT2D eigenvalue weighted by molar-refractivity contribution is -0.118. The van der Waals surface area contributed by atoms with Crippen LogP contribution in [0.5, 0.6) is 0 Å². The average Bonchev–Trinajstić information content (AvgIpc) is 2.78. The Morgan fingerprint density at radius 1 is 1.53 bits per heavy atom. The van der Waals surface area contributed by atoms with Crippen molar-refractivity contribution in [2.75, 3.05) is 31.2 Å². The van der Waals surface area contributed by atoms with E-state index in [4.69, 9.17) is 4.74 Å². The van der Waals surface area contributed by atoms with Gasteiger partial charge in [0.05, 0.1) is 24.4 Å². The molecule has 1 N–H and O–H groups in total. The van der Waals surface area contributed by atoms with E-state index >= 15 is 0 Å². The summed E-state index contributed by atoms with van der Waals surface area (Å²) in [6, 6.07) is 4.08. The first-order valence-electron chi connectivity index (χ1n) is 5.48. The van der Waals surface area contributed by atoms with Crippen LogP contribution in [-0.4, -0.2) is 38.4 Å². The highest BCUT2D eigenvalue weighted by Gasteiger charge is 2.12. The molecular formula is C11H15N3O2S. The van der Waals surface area contributed by atoms with Crippen LogP contribution in [0.15, 0.2) is 17.2 Å². The van der Waals surface area contributed by atoms with E-state index in [1.54, 1.807) is 17.6 Å². The van der Waals surface area contributed by atoms with Gasteiger partial charge in [-0.05, 0) is 12.1 Å². The Morgan fingerprint density at radius 2 is 2.29 bits per heavy atom. The van der Waals surface area contributed by atoms with Crippen molar-refractivity contribution >= 4 is 28.5 Å². The molecule has 1 aromatic heterocycles. The van der Waals surface area contributed by atoms with Crippen molar-refractivity contribution in [2.45, 2.75) is 6.92 Å². The van der Waals surface area contributed by atoms with E-state index < -0.39 is 0 Å². The second kappa shape index (κ2) is 5.79. The van der Waals surface area contributed by atoms with Crippen molar-refractivity contribution in [2.24, 2.45) is 5.10 Å². The molecule has 17 heavy (non-hydrogen) atoms. The standard InChI is InChI=1S/C11H15N3O2S/c1-9(15)13-12-8-10-2-3-11(17-10)14-4-6-16-7-5-14/h2-3,8H,4-7H2,1H3,(H,13,15). The van der Waals surface area contributed by atoms with Crippen LogP contribution in [0.4, 0.5) is 5.00 Å². The van der Waals surface area contributed by atoms with E-state index in [2.05, 4.69) is 21.5 Å². The molecule has 0 aliphatic carbocycles. The van der Waals surface area contributed by atoms with E-state index in [1.807, 2.05) is 6.07 Å².